The van der Waals surface area contributed by atoms with Crippen LogP contribution in [0, 0.1) is 12.8 Å². The Kier molecular flexibility index (Phi) is 5.38. The molecule has 2 heterocycles. The molecule has 0 amide bonds. The van der Waals surface area contributed by atoms with Gasteiger partial charge in [-0.05, 0) is 43.0 Å². The zero-order valence-electron chi connectivity index (χ0n) is 14.7. The summed E-state index contributed by atoms with van der Waals surface area (Å²) < 4.78 is 37.0. The molecule has 26 heavy (non-hydrogen) atoms. The summed E-state index contributed by atoms with van der Waals surface area (Å²) in [7, 11) is -3.53. The van der Waals surface area contributed by atoms with Gasteiger partial charge in [0.2, 0.25) is 15.9 Å². The second kappa shape index (κ2) is 7.55. The van der Waals surface area contributed by atoms with Crippen molar-refractivity contribution in [1.82, 2.24) is 14.5 Å². The molecule has 0 unspecified atom stereocenters. The second-order valence-corrected chi connectivity index (χ2v) is 8.34. The number of carbonyl (C=O) groups excluding carboxylic acids is 1. The third kappa shape index (κ3) is 4.10. The molecule has 0 bridgehead atoms. The van der Waals surface area contributed by atoms with Crippen molar-refractivity contribution in [3.63, 3.8) is 0 Å². The van der Waals surface area contributed by atoms with Crippen molar-refractivity contribution in [3.8, 4) is 0 Å². The normalized spacial score (nSPS) is 16.5. The Morgan fingerprint density at radius 3 is 2.46 bits per heavy atom. The van der Waals surface area contributed by atoms with Gasteiger partial charge in [-0.25, -0.2) is 13.2 Å². The number of aryl methyl sites for hydroxylation is 1. The molecule has 1 aliphatic rings. The van der Waals surface area contributed by atoms with Crippen LogP contribution in [0.3, 0.4) is 0 Å². The van der Waals surface area contributed by atoms with E-state index in [1.807, 2.05) is 0 Å². The summed E-state index contributed by atoms with van der Waals surface area (Å²) in [5.74, 6) is 0.546. The van der Waals surface area contributed by atoms with Crippen molar-refractivity contribution in [1.29, 1.82) is 0 Å². The molecule has 0 aliphatic carbocycles. The Hall–Kier alpha value is -2.26. The molecule has 1 aromatic heterocycles. The minimum atomic E-state index is -3.53. The fourth-order valence-electron chi connectivity index (χ4n) is 2.74. The zero-order valence-corrected chi connectivity index (χ0v) is 15.5. The maximum atomic E-state index is 12.7. The first-order valence-electron chi connectivity index (χ1n) is 8.42. The van der Waals surface area contributed by atoms with Gasteiger partial charge >= 0.3 is 5.97 Å². The van der Waals surface area contributed by atoms with E-state index in [2.05, 4.69) is 17.1 Å². The highest BCUT2D eigenvalue weighted by atomic mass is 32.2. The number of carbonyl (C=O) groups is 1. The summed E-state index contributed by atoms with van der Waals surface area (Å²) in [4.78, 5) is 12.2. The molecule has 1 saturated heterocycles. The third-order valence-electron chi connectivity index (χ3n) is 4.37. The molecule has 0 spiro atoms. The highest BCUT2D eigenvalue weighted by Gasteiger charge is 2.28. The highest BCUT2D eigenvalue weighted by Crippen LogP contribution is 2.23. The molecule has 1 fully saturated rings. The van der Waals surface area contributed by atoms with E-state index in [1.165, 1.54) is 28.6 Å². The van der Waals surface area contributed by atoms with Crippen LogP contribution in [0.25, 0.3) is 0 Å². The van der Waals surface area contributed by atoms with Gasteiger partial charge in [0, 0.05) is 20.0 Å². The van der Waals surface area contributed by atoms with Crippen LogP contribution in [0.5, 0.6) is 0 Å². The minimum absolute atomic E-state index is 0.133. The van der Waals surface area contributed by atoms with Crippen molar-refractivity contribution in [2.75, 3.05) is 13.1 Å². The van der Waals surface area contributed by atoms with Crippen LogP contribution in [-0.4, -0.2) is 42.0 Å². The van der Waals surface area contributed by atoms with Crippen molar-refractivity contribution in [2.24, 2.45) is 5.92 Å². The predicted molar refractivity (Wildman–Crippen MR) is 91.8 cm³/mol. The summed E-state index contributed by atoms with van der Waals surface area (Å²) in [6, 6.07) is 5.75. The zero-order chi connectivity index (χ0) is 18.7. The van der Waals surface area contributed by atoms with E-state index in [0.717, 1.165) is 12.8 Å². The van der Waals surface area contributed by atoms with Crippen LogP contribution < -0.4 is 0 Å². The van der Waals surface area contributed by atoms with Crippen molar-refractivity contribution in [3.05, 3.63) is 41.6 Å². The number of piperidine rings is 1. The van der Waals surface area contributed by atoms with E-state index in [1.54, 1.807) is 6.92 Å². The summed E-state index contributed by atoms with van der Waals surface area (Å²) in [6.45, 7) is 4.68. The number of nitrogens with zero attached hydrogens (tertiary/aromatic N) is 3. The maximum absolute atomic E-state index is 12.7. The van der Waals surface area contributed by atoms with Crippen LogP contribution in [0.15, 0.2) is 33.6 Å². The van der Waals surface area contributed by atoms with Crippen LogP contribution in [0.2, 0.25) is 0 Å². The fraction of sp³-hybridized carbons (Fsp3) is 0.471. The van der Waals surface area contributed by atoms with E-state index >= 15 is 0 Å². The fourth-order valence-corrected chi connectivity index (χ4v) is 4.21. The van der Waals surface area contributed by atoms with Crippen LogP contribution in [0.1, 0.15) is 41.9 Å². The predicted octanol–water partition coefficient (Wildman–Crippen LogP) is 2.16. The van der Waals surface area contributed by atoms with Gasteiger partial charge < -0.3 is 9.15 Å². The van der Waals surface area contributed by atoms with Gasteiger partial charge in [-0.3, -0.25) is 0 Å². The van der Waals surface area contributed by atoms with Gasteiger partial charge in [-0.2, -0.15) is 4.31 Å². The van der Waals surface area contributed by atoms with Crippen LogP contribution >= 0.6 is 0 Å². The summed E-state index contributed by atoms with van der Waals surface area (Å²) in [6.07, 6.45) is 1.72. The van der Waals surface area contributed by atoms with E-state index in [9.17, 15) is 13.2 Å². The van der Waals surface area contributed by atoms with Gasteiger partial charge in [-0.1, -0.05) is 6.92 Å². The lowest BCUT2D eigenvalue weighted by atomic mass is 10.0. The molecule has 9 heteroatoms. The molecule has 3 rings (SSSR count). The molecular weight excluding hydrogens is 358 g/mol. The smallest absolute Gasteiger partial charge is 0.338 e. The van der Waals surface area contributed by atoms with E-state index in [4.69, 9.17) is 9.15 Å². The van der Waals surface area contributed by atoms with E-state index in [0.29, 0.717) is 24.9 Å². The number of aromatic nitrogens is 2. The third-order valence-corrected chi connectivity index (χ3v) is 6.28. The monoisotopic (exact) mass is 379 g/mol. The number of hydrogen-bond acceptors (Lipinski definition) is 7. The average molecular weight is 379 g/mol. The molecule has 0 atom stereocenters. The topological polar surface area (TPSA) is 103 Å². The molecule has 0 N–H and O–H groups in total. The standard InChI is InChI=1S/C17H21N3O5S/c1-12-7-9-20(10-8-12)26(22,23)15-5-3-14(4-6-15)17(21)24-11-16-19-18-13(2)25-16/h3-6,12H,7-11H2,1-2H3. The van der Waals surface area contributed by atoms with E-state index < -0.39 is 16.0 Å². The molecule has 8 nitrogen and oxygen atoms in total. The molecule has 0 radical (unpaired) electrons. The quantitative estimate of drug-likeness (QED) is 0.733. The summed E-state index contributed by atoms with van der Waals surface area (Å²) >= 11 is 0. The molecule has 1 aliphatic heterocycles. The Morgan fingerprint density at radius 2 is 1.88 bits per heavy atom. The van der Waals surface area contributed by atoms with Gasteiger partial charge in [0.15, 0.2) is 6.61 Å². The number of benzene rings is 1. The van der Waals surface area contributed by atoms with Crippen molar-refractivity contribution < 1.29 is 22.4 Å². The Bertz CT molecular complexity index is 868. The van der Waals surface area contributed by atoms with Gasteiger partial charge in [0.05, 0.1) is 10.5 Å². The molecule has 0 saturated carbocycles. The lowest BCUT2D eigenvalue weighted by molar-refractivity contribution is 0.0436. The van der Waals surface area contributed by atoms with Gasteiger partial charge in [0.25, 0.3) is 5.89 Å². The Balaban J connectivity index is 1.64. The van der Waals surface area contributed by atoms with Crippen molar-refractivity contribution >= 4 is 16.0 Å². The molecule has 2 aromatic rings. The van der Waals surface area contributed by atoms with Crippen LogP contribution in [0.4, 0.5) is 0 Å². The minimum Gasteiger partial charge on any atom is -0.452 e. The average Bonchev–Trinajstić information content (AvgIpc) is 3.05. The maximum Gasteiger partial charge on any atom is 0.338 e. The first-order valence-corrected chi connectivity index (χ1v) is 9.86. The Labute approximate surface area is 152 Å². The summed E-state index contributed by atoms with van der Waals surface area (Å²) in [5, 5.41) is 7.38. The first kappa shape index (κ1) is 18.5. The summed E-state index contributed by atoms with van der Waals surface area (Å²) in [5.41, 5.74) is 0.257. The second-order valence-electron chi connectivity index (χ2n) is 6.40. The van der Waals surface area contributed by atoms with E-state index in [-0.39, 0.29) is 23.0 Å². The van der Waals surface area contributed by atoms with Gasteiger partial charge in [0.1, 0.15) is 0 Å². The molecular formula is C17H21N3O5S. The van der Waals surface area contributed by atoms with Crippen LogP contribution in [-0.2, 0) is 21.4 Å². The number of ether oxygens (including phenoxy) is 1. The molecule has 140 valence electrons. The Morgan fingerprint density at radius 1 is 1.23 bits per heavy atom. The highest BCUT2D eigenvalue weighted by molar-refractivity contribution is 7.89. The molecule has 1 aromatic carbocycles. The number of sulfonamides is 1. The first-order chi connectivity index (χ1) is 12.4. The lowest BCUT2D eigenvalue weighted by Gasteiger charge is -2.29. The van der Waals surface area contributed by atoms with Gasteiger partial charge in [-0.15, -0.1) is 10.2 Å². The largest absolute Gasteiger partial charge is 0.452 e. The number of esters is 1. The van der Waals surface area contributed by atoms with Crippen molar-refractivity contribution in [2.45, 2.75) is 38.2 Å². The number of rotatable bonds is 5. The number of hydrogen-bond donors (Lipinski definition) is 0. The SMILES string of the molecule is Cc1nnc(COC(=O)c2ccc(S(=O)(=O)N3CCC(C)CC3)cc2)o1. The lowest BCUT2D eigenvalue weighted by Crippen LogP contribution is -2.37.